The highest BCUT2D eigenvalue weighted by molar-refractivity contribution is 6.35. The van der Waals surface area contributed by atoms with Crippen LogP contribution in [0.2, 0.25) is 10.0 Å². The largest absolute Gasteiger partial charge is 0.348 e. The van der Waals surface area contributed by atoms with Crippen LogP contribution in [0.5, 0.6) is 0 Å². The minimum Gasteiger partial charge on any atom is -0.348 e. The van der Waals surface area contributed by atoms with Gasteiger partial charge in [-0.05, 0) is 47.9 Å². The van der Waals surface area contributed by atoms with Crippen molar-refractivity contribution in [3.63, 3.8) is 0 Å². The lowest BCUT2D eigenvalue weighted by Gasteiger charge is -2.15. The Kier molecular flexibility index (Phi) is 4.78. The van der Waals surface area contributed by atoms with Crippen LogP contribution < -0.4 is 10.2 Å². The number of fused-ring (bicyclic) bond motifs is 1. The molecule has 24 heavy (non-hydrogen) atoms. The van der Waals surface area contributed by atoms with Crippen LogP contribution in [0.25, 0.3) is 0 Å². The molecule has 1 aliphatic rings. The third-order valence-corrected chi connectivity index (χ3v) is 4.66. The Balaban J connectivity index is 1.71. The van der Waals surface area contributed by atoms with Crippen LogP contribution in [0, 0.1) is 0 Å². The number of amides is 2. The molecule has 2 amide bonds. The van der Waals surface area contributed by atoms with E-state index in [0.717, 1.165) is 23.2 Å². The fourth-order valence-electron chi connectivity index (χ4n) is 2.81. The zero-order chi connectivity index (χ0) is 17.3. The van der Waals surface area contributed by atoms with Gasteiger partial charge in [-0.2, -0.15) is 0 Å². The maximum absolute atomic E-state index is 12.4. The average Bonchev–Trinajstić information content (AvgIpc) is 2.97. The van der Waals surface area contributed by atoms with Crippen LogP contribution in [0.1, 0.15) is 28.4 Å². The van der Waals surface area contributed by atoms with Crippen LogP contribution >= 0.6 is 23.2 Å². The molecule has 0 fully saturated rings. The normalized spacial score (nSPS) is 12.9. The molecule has 3 rings (SSSR count). The van der Waals surface area contributed by atoms with E-state index >= 15 is 0 Å². The summed E-state index contributed by atoms with van der Waals surface area (Å²) >= 11 is 12.0. The summed E-state index contributed by atoms with van der Waals surface area (Å²) in [5, 5.41) is 3.93. The van der Waals surface area contributed by atoms with Crippen LogP contribution in [0.4, 0.5) is 5.69 Å². The number of halogens is 2. The molecule has 1 heterocycles. The minimum absolute atomic E-state index is 0.0170. The van der Waals surface area contributed by atoms with E-state index in [0.29, 0.717) is 28.7 Å². The monoisotopic (exact) mass is 362 g/mol. The van der Waals surface area contributed by atoms with Crippen molar-refractivity contribution in [2.45, 2.75) is 19.9 Å². The van der Waals surface area contributed by atoms with Crippen molar-refractivity contribution in [2.75, 3.05) is 11.4 Å². The summed E-state index contributed by atoms with van der Waals surface area (Å²) in [5.74, 6) is -0.159. The van der Waals surface area contributed by atoms with Gasteiger partial charge in [0.15, 0.2) is 0 Å². The maximum atomic E-state index is 12.4. The first kappa shape index (κ1) is 16.8. The number of nitrogens with one attached hydrogen (secondary N) is 1. The quantitative estimate of drug-likeness (QED) is 0.901. The molecular weight excluding hydrogens is 347 g/mol. The number of benzene rings is 2. The van der Waals surface area contributed by atoms with Crippen molar-refractivity contribution in [1.29, 1.82) is 0 Å². The second kappa shape index (κ2) is 6.83. The van der Waals surface area contributed by atoms with Crippen molar-refractivity contribution in [2.24, 2.45) is 0 Å². The SMILES string of the molecule is CC(=O)N1CCc2cc(C(=O)NCc3ccc(Cl)cc3Cl)ccc21. The van der Waals surface area contributed by atoms with Gasteiger partial charge in [-0.25, -0.2) is 0 Å². The zero-order valence-electron chi connectivity index (χ0n) is 13.1. The van der Waals surface area contributed by atoms with Gasteiger partial charge in [0.05, 0.1) is 0 Å². The van der Waals surface area contributed by atoms with Gasteiger partial charge in [0.1, 0.15) is 0 Å². The fourth-order valence-corrected chi connectivity index (χ4v) is 3.29. The molecule has 6 heteroatoms. The fraction of sp³-hybridized carbons (Fsp3) is 0.222. The van der Waals surface area contributed by atoms with Crippen molar-refractivity contribution in [3.8, 4) is 0 Å². The van der Waals surface area contributed by atoms with E-state index in [-0.39, 0.29) is 11.8 Å². The van der Waals surface area contributed by atoms with Gasteiger partial charge in [-0.1, -0.05) is 29.3 Å². The smallest absolute Gasteiger partial charge is 0.251 e. The highest BCUT2D eigenvalue weighted by atomic mass is 35.5. The second-order valence-corrected chi connectivity index (χ2v) is 6.53. The van der Waals surface area contributed by atoms with Gasteiger partial charge >= 0.3 is 0 Å². The number of rotatable bonds is 3. The molecule has 0 saturated heterocycles. The van der Waals surface area contributed by atoms with Crippen molar-refractivity contribution < 1.29 is 9.59 Å². The number of hydrogen-bond donors (Lipinski definition) is 1. The van der Waals surface area contributed by atoms with Gasteiger partial charge in [0.25, 0.3) is 5.91 Å². The summed E-state index contributed by atoms with van der Waals surface area (Å²) in [7, 11) is 0. The zero-order valence-corrected chi connectivity index (χ0v) is 14.6. The van der Waals surface area contributed by atoms with Gasteiger partial charge in [0, 0.05) is 41.3 Å². The Morgan fingerprint density at radius 1 is 1.17 bits per heavy atom. The van der Waals surface area contributed by atoms with E-state index < -0.39 is 0 Å². The third kappa shape index (κ3) is 3.40. The number of carbonyl (C=O) groups is 2. The lowest BCUT2D eigenvalue weighted by Crippen LogP contribution is -2.26. The van der Waals surface area contributed by atoms with Crippen LogP contribution in [0.15, 0.2) is 36.4 Å². The van der Waals surface area contributed by atoms with Crippen LogP contribution in [-0.2, 0) is 17.8 Å². The number of anilines is 1. The Morgan fingerprint density at radius 2 is 1.96 bits per heavy atom. The lowest BCUT2D eigenvalue weighted by atomic mass is 10.1. The molecule has 124 valence electrons. The van der Waals surface area contributed by atoms with Gasteiger partial charge < -0.3 is 10.2 Å². The molecule has 0 spiro atoms. The first-order valence-corrected chi connectivity index (χ1v) is 8.34. The maximum Gasteiger partial charge on any atom is 0.251 e. The lowest BCUT2D eigenvalue weighted by molar-refractivity contribution is -0.116. The summed E-state index contributed by atoms with van der Waals surface area (Å²) in [5.41, 5.74) is 3.28. The number of hydrogen-bond acceptors (Lipinski definition) is 2. The molecule has 2 aromatic carbocycles. The molecule has 2 aromatic rings. The summed E-state index contributed by atoms with van der Waals surface area (Å²) in [4.78, 5) is 25.6. The molecule has 0 bridgehead atoms. The first-order valence-electron chi connectivity index (χ1n) is 7.59. The summed E-state index contributed by atoms with van der Waals surface area (Å²) < 4.78 is 0. The Morgan fingerprint density at radius 3 is 2.67 bits per heavy atom. The molecular formula is C18H16Cl2N2O2. The highest BCUT2D eigenvalue weighted by Gasteiger charge is 2.23. The first-order chi connectivity index (χ1) is 11.5. The summed E-state index contributed by atoms with van der Waals surface area (Å²) in [6, 6.07) is 10.6. The molecule has 0 atom stereocenters. The van der Waals surface area contributed by atoms with Gasteiger partial charge in [-0.15, -0.1) is 0 Å². The van der Waals surface area contributed by atoms with E-state index in [1.54, 1.807) is 36.1 Å². The molecule has 0 radical (unpaired) electrons. The Bertz CT molecular complexity index is 821. The number of carbonyl (C=O) groups excluding carboxylic acids is 2. The van der Waals surface area contributed by atoms with Crippen molar-refractivity contribution in [1.82, 2.24) is 5.32 Å². The molecule has 4 nitrogen and oxygen atoms in total. The van der Waals surface area contributed by atoms with E-state index in [9.17, 15) is 9.59 Å². The standard InChI is InChI=1S/C18H16Cl2N2O2/c1-11(23)22-7-6-12-8-13(3-5-17(12)22)18(24)21-10-14-2-4-15(19)9-16(14)20/h2-5,8-9H,6-7,10H2,1H3,(H,21,24). The van der Waals surface area contributed by atoms with E-state index in [1.165, 1.54) is 0 Å². The van der Waals surface area contributed by atoms with Gasteiger partial charge in [-0.3, -0.25) is 9.59 Å². The average molecular weight is 363 g/mol. The Hall–Kier alpha value is -2.04. The molecule has 0 aliphatic carbocycles. The van der Waals surface area contributed by atoms with Gasteiger partial charge in [0.2, 0.25) is 5.91 Å². The van der Waals surface area contributed by atoms with Crippen molar-refractivity contribution >= 4 is 40.7 Å². The number of nitrogens with zero attached hydrogens (tertiary/aromatic N) is 1. The second-order valence-electron chi connectivity index (χ2n) is 5.68. The van der Waals surface area contributed by atoms with Crippen LogP contribution in [-0.4, -0.2) is 18.4 Å². The predicted molar refractivity (Wildman–Crippen MR) is 95.8 cm³/mol. The molecule has 1 aliphatic heterocycles. The Labute approximate surface area is 150 Å². The van der Waals surface area contributed by atoms with Crippen molar-refractivity contribution in [3.05, 3.63) is 63.1 Å². The molecule has 1 N–H and O–H groups in total. The predicted octanol–water partition coefficient (Wildman–Crippen LogP) is 3.83. The third-order valence-electron chi connectivity index (χ3n) is 4.07. The molecule has 0 saturated carbocycles. The van der Waals surface area contributed by atoms with Crippen LogP contribution in [0.3, 0.4) is 0 Å². The molecule has 0 unspecified atom stereocenters. The molecule has 0 aromatic heterocycles. The van der Waals surface area contributed by atoms with E-state index in [4.69, 9.17) is 23.2 Å². The van der Waals surface area contributed by atoms with E-state index in [1.807, 2.05) is 12.1 Å². The minimum atomic E-state index is -0.176. The van der Waals surface area contributed by atoms with E-state index in [2.05, 4.69) is 5.32 Å². The highest BCUT2D eigenvalue weighted by Crippen LogP contribution is 2.29. The summed E-state index contributed by atoms with van der Waals surface area (Å²) in [6.07, 6.45) is 0.763. The summed E-state index contributed by atoms with van der Waals surface area (Å²) in [6.45, 7) is 2.53. The topological polar surface area (TPSA) is 49.4 Å².